The van der Waals surface area contributed by atoms with Crippen LogP contribution >= 0.6 is 0 Å². The maximum absolute atomic E-state index is 12.2. The van der Waals surface area contributed by atoms with Gasteiger partial charge in [0.1, 0.15) is 0 Å². The third-order valence-corrected chi connectivity index (χ3v) is 7.24. The van der Waals surface area contributed by atoms with Crippen molar-refractivity contribution in [1.29, 1.82) is 0 Å². The van der Waals surface area contributed by atoms with Gasteiger partial charge in [0.25, 0.3) is 0 Å². The van der Waals surface area contributed by atoms with E-state index in [1.54, 1.807) is 27.1 Å². The van der Waals surface area contributed by atoms with Gasteiger partial charge in [0.15, 0.2) is 15.8 Å². The largest absolute Gasteiger partial charge is 0.352 e. The first-order chi connectivity index (χ1) is 11.8. The van der Waals surface area contributed by atoms with E-state index in [1.165, 1.54) is 0 Å². The number of nitrogens with zero attached hydrogens (tertiary/aromatic N) is 3. The van der Waals surface area contributed by atoms with Gasteiger partial charge in [-0.15, -0.1) is 0 Å². The molecule has 25 heavy (non-hydrogen) atoms. The number of para-hydroxylation sites is 1. The molecule has 0 saturated carbocycles. The predicted molar refractivity (Wildman–Crippen MR) is 101 cm³/mol. The number of rotatable bonds is 2. The number of hydrogen-bond acceptors (Lipinski definition) is 4. The first-order valence-electron chi connectivity index (χ1n) is 8.34. The van der Waals surface area contributed by atoms with Gasteiger partial charge in [0.05, 0.1) is 16.0 Å². The van der Waals surface area contributed by atoms with Gasteiger partial charge in [0.2, 0.25) is 0 Å². The fraction of sp³-hybridized carbons (Fsp3) is 0.444. The summed E-state index contributed by atoms with van der Waals surface area (Å²) in [5, 5.41) is 4.45. The van der Waals surface area contributed by atoms with E-state index >= 15 is 0 Å². The molecule has 2 aromatic rings. The van der Waals surface area contributed by atoms with Crippen molar-refractivity contribution < 1.29 is 8.42 Å². The number of benzene rings is 1. The summed E-state index contributed by atoms with van der Waals surface area (Å²) in [6, 6.07) is 10.1. The van der Waals surface area contributed by atoms with Crippen LogP contribution in [0.1, 0.15) is 19.4 Å². The van der Waals surface area contributed by atoms with Crippen LogP contribution in [0.25, 0.3) is 10.9 Å². The van der Waals surface area contributed by atoms with E-state index in [4.69, 9.17) is 0 Å². The van der Waals surface area contributed by atoms with Crippen molar-refractivity contribution in [2.45, 2.75) is 25.1 Å². The molecule has 0 bridgehead atoms. The van der Waals surface area contributed by atoms with Crippen molar-refractivity contribution in [1.82, 2.24) is 15.2 Å². The Labute approximate surface area is 148 Å². The van der Waals surface area contributed by atoms with Crippen LogP contribution in [0.3, 0.4) is 0 Å². The zero-order valence-corrected chi connectivity index (χ0v) is 15.7. The molecule has 3 rings (SSSR count). The smallest absolute Gasteiger partial charge is 0.193 e. The van der Waals surface area contributed by atoms with Crippen LogP contribution in [-0.4, -0.2) is 54.9 Å². The Kier molecular flexibility index (Phi) is 4.69. The van der Waals surface area contributed by atoms with Gasteiger partial charge in [-0.3, -0.25) is 9.98 Å². The molecule has 1 aliphatic heterocycles. The van der Waals surface area contributed by atoms with Crippen LogP contribution in [0.2, 0.25) is 0 Å². The summed E-state index contributed by atoms with van der Waals surface area (Å²) in [4.78, 5) is 10.8. The summed E-state index contributed by atoms with van der Waals surface area (Å²) < 4.78 is 23.6. The minimum absolute atomic E-state index is 0.149. The second-order valence-corrected chi connectivity index (χ2v) is 9.64. The number of aromatic nitrogens is 1. The van der Waals surface area contributed by atoms with E-state index in [9.17, 15) is 8.42 Å². The fourth-order valence-corrected chi connectivity index (χ4v) is 4.51. The van der Waals surface area contributed by atoms with E-state index in [0.717, 1.165) is 22.4 Å². The molecule has 0 spiro atoms. The van der Waals surface area contributed by atoms with E-state index in [-0.39, 0.29) is 5.75 Å². The molecule has 134 valence electrons. The molecule has 0 atom stereocenters. The van der Waals surface area contributed by atoms with Crippen LogP contribution in [0.4, 0.5) is 0 Å². The number of pyridine rings is 1. The first kappa shape index (κ1) is 17.7. The van der Waals surface area contributed by atoms with Gasteiger partial charge >= 0.3 is 0 Å². The van der Waals surface area contributed by atoms with E-state index in [2.05, 4.69) is 15.3 Å². The van der Waals surface area contributed by atoms with E-state index in [1.807, 2.05) is 35.2 Å². The van der Waals surface area contributed by atoms with E-state index in [0.29, 0.717) is 19.6 Å². The molecule has 1 saturated heterocycles. The van der Waals surface area contributed by atoms with Crippen LogP contribution in [0.5, 0.6) is 0 Å². The molecule has 0 aliphatic carbocycles. The van der Waals surface area contributed by atoms with Gasteiger partial charge in [0, 0.05) is 38.3 Å². The van der Waals surface area contributed by atoms with Crippen molar-refractivity contribution in [3.63, 3.8) is 0 Å². The highest BCUT2D eigenvalue weighted by Gasteiger charge is 2.40. The SMILES string of the molecule is CN=C(NCc1cccc2cccnc12)N1CCS(=O)(=O)C(C)(C)C1. The standard InChI is InChI=1S/C18H24N4O2S/c1-18(2)13-22(10-11-25(18,23)24)17(19-3)21-12-15-7-4-6-14-8-5-9-20-16(14)15/h4-9H,10-13H2,1-3H3,(H,19,21). The van der Waals surface area contributed by atoms with Gasteiger partial charge in [-0.25, -0.2) is 8.42 Å². The van der Waals surface area contributed by atoms with Crippen LogP contribution in [0, 0.1) is 0 Å². The van der Waals surface area contributed by atoms with Gasteiger partial charge in [-0.2, -0.15) is 0 Å². The lowest BCUT2D eigenvalue weighted by molar-refractivity contribution is 0.353. The quantitative estimate of drug-likeness (QED) is 0.653. The zero-order chi connectivity index (χ0) is 18.1. The molecular weight excluding hydrogens is 336 g/mol. The molecule has 1 N–H and O–H groups in total. The number of sulfone groups is 1. The molecule has 1 aliphatic rings. The zero-order valence-electron chi connectivity index (χ0n) is 14.9. The molecule has 2 heterocycles. The van der Waals surface area contributed by atoms with Crippen molar-refractivity contribution in [2.75, 3.05) is 25.9 Å². The molecule has 6 nitrogen and oxygen atoms in total. The summed E-state index contributed by atoms with van der Waals surface area (Å²) in [7, 11) is -1.34. The molecule has 1 fully saturated rings. The number of hydrogen-bond donors (Lipinski definition) is 1. The van der Waals surface area contributed by atoms with Crippen molar-refractivity contribution in [2.24, 2.45) is 4.99 Å². The minimum Gasteiger partial charge on any atom is -0.352 e. The second kappa shape index (κ2) is 6.63. The third-order valence-electron chi connectivity index (χ3n) is 4.71. The molecule has 1 aromatic heterocycles. The summed E-state index contributed by atoms with van der Waals surface area (Å²) in [6.07, 6.45) is 1.79. The second-order valence-electron chi connectivity index (χ2n) is 6.89. The highest BCUT2D eigenvalue weighted by Crippen LogP contribution is 2.24. The Morgan fingerprint density at radius 2 is 2.08 bits per heavy atom. The molecule has 0 radical (unpaired) electrons. The normalized spacial score (nSPS) is 19.8. The lowest BCUT2D eigenvalue weighted by Crippen LogP contribution is -2.57. The monoisotopic (exact) mass is 360 g/mol. The van der Waals surface area contributed by atoms with Crippen molar-refractivity contribution >= 4 is 26.7 Å². The molecule has 1 aromatic carbocycles. The number of fused-ring (bicyclic) bond motifs is 1. The van der Waals surface area contributed by atoms with Crippen molar-refractivity contribution in [3.05, 3.63) is 42.1 Å². The Hall–Kier alpha value is -2.15. The van der Waals surface area contributed by atoms with Gasteiger partial charge in [-0.05, 0) is 25.5 Å². The lowest BCUT2D eigenvalue weighted by atomic mass is 10.1. The lowest BCUT2D eigenvalue weighted by Gasteiger charge is -2.39. The Bertz CT molecular complexity index is 901. The average molecular weight is 360 g/mol. The van der Waals surface area contributed by atoms with E-state index < -0.39 is 14.6 Å². The first-order valence-corrected chi connectivity index (χ1v) is 10.00. The maximum atomic E-state index is 12.2. The van der Waals surface area contributed by atoms with Crippen LogP contribution < -0.4 is 5.32 Å². The summed E-state index contributed by atoms with van der Waals surface area (Å²) >= 11 is 0. The Balaban J connectivity index is 1.75. The highest BCUT2D eigenvalue weighted by atomic mass is 32.2. The summed E-state index contributed by atoms with van der Waals surface area (Å²) in [5.41, 5.74) is 2.05. The Morgan fingerprint density at radius 3 is 2.80 bits per heavy atom. The molecule has 0 unspecified atom stereocenters. The Morgan fingerprint density at radius 1 is 1.32 bits per heavy atom. The molecule has 0 amide bonds. The average Bonchev–Trinajstić information content (AvgIpc) is 2.58. The van der Waals surface area contributed by atoms with Gasteiger partial charge < -0.3 is 10.2 Å². The highest BCUT2D eigenvalue weighted by molar-refractivity contribution is 7.92. The van der Waals surface area contributed by atoms with Crippen molar-refractivity contribution in [3.8, 4) is 0 Å². The van der Waals surface area contributed by atoms with Crippen LogP contribution in [0.15, 0.2) is 41.5 Å². The number of nitrogens with one attached hydrogen (secondary N) is 1. The summed E-state index contributed by atoms with van der Waals surface area (Å²) in [5.74, 6) is 0.868. The minimum atomic E-state index is -3.07. The predicted octanol–water partition coefficient (Wildman–Crippen LogP) is 1.82. The van der Waals surface area contributed by atoms with Crippen LogP contribution in [-0.2, 0) is 16.4 Å². The fourth-order valence-electron chi connectivity index (χ4n) is 3.14. The third kappa shape index (κ3) is 3.46. The number of guanidine groups is 1. The summed E-state index contributed by atoms with van der Waals surface area (Å²) in [6.45, 7) is 5.03. The maximum Gasteiger partial charge on any atom is 0.193 e. The topological polar surface area (TPSA) is 74.7 Å². The molecular formula is C18H24N4O2S. The molecule has 7 heteroatoms. The number of aliphatic imine (C=N–C) groups is 1. The van der Waals surface area contributed by atoms with Gasteiger partial charge in [-0.1, -0.05) is 24.3 Å².